The molecule has 0 aliphatic rings. The Bertz CT molecular complexity index is 916. The van der Waals surface area contributed by atoms with Crippen LogP contribution >= 0.6 is 0 Å². The predicted molar refractivity (Wildman–Crippen MR) is 108 cm³/mol. The fourth-order valence-corrected chi connectivity index (χ4v) is 2.86. The second-order valence-electron chi connectivity index (χ2n) is 6.49. The Kier molecular flexibility index (Phi) is 7.38. The van der Waals surface area contributed by atoms with Crippen LogP contribution in [0.15, 0.2) is 42.5 Å². The first-order valence-corrected chi connectivity index (χ1v) is 9.83. The Morgan fingerprint density at radius 2 is 1.86 bits per heavy atom. The number of unbranched alkanes of at least 4 members (excludes halogenated alkanes) is 1. The van der Waals surface area contributed by atoms with Gasteiger partial charge in [-0.3, -0.25) is 0 Å². The number of aromatic nitrogens is 4. The van der Waals surface area contributed by atoms with Gasteiger partial charge in [-0.15, -0.1) is 0 Å². The fraction of sp³-hybridized carbons (Fsp3) is 0.381. The van der Waals surface area contributed by atoms with Crippen LogP contribution in [0.5, 0.6) is 11.5 Å². The normalized spacial score (nSPS) is 10.7. The van der Waals surface area contributed by atoms with E-state index in [4.69, 9.17) is 9.47 Å². The summed E-state index contributed by atoms with van der Waals surface area (Å²) in [6.07, 6.45) is 2.06. The van der Waals surface area contributed by atoms with Crippen molar-refractivity contribution in [3.05, 3.63) is 59.4 Å². The lowest BCUT2D eigenvalue weighted by atomic mass is 10.1. The van der Waals surface area contributed by atoms with Gasteiger partial charge in [0, 0.05) is 24.2 Å². The lowest BCUT2D eigenvalue weighted by molar-refractivity contribution is 0.263. The summed E-state index contributed by atoms with van der Waals surface area (Å²) in [4.78, 5) is 0. The van der Waals surface area contributed by atoms with E-state index in [9.17, 15) is 4.39 Å². The van der Waals surface area contributed by atoms with E-state index in [1.165, 1.54) is 6.07 Å². The molecule has 0 saturated heterocycles. The number of benzene rings is 2. The van der Waals surface area contributed by atoms with Crippen LogP contribution in [-0.4, -0.2) is 26.8 Å². The third-order valence-corrected chi connectivity index (χ3v) is 4.38. The number of para-hydroxylation sites is 1. The molecule has 2 aromatic carbocycles. The van der Waals surface area contributed by atoms with Crippen molar-refractivity contribution in [2.24, 2.45) is 0 Å². The number of nitrogens with one attached hydrogen (secondary N) is 1. The van der Waals surface area contributed by atoms with Gasteiger partial charge in [-0.25, -0.2) is 9.07 Å². The summed E-state index contributed by atoms with van der Waals surface area (Å²) >= 11 is 0. The second-order valence-corrected chi connectivity index (χ2v) is 6.49. The number of tetrazole rings is 1. The van der Waals surface area contributed by atoms with Gasteiger partial charge in [0.15, 0.2) is 11.5 Å². The number of hydrogen-bond donors (Lipinski definition) is 1. The smallest absolute Gasteiger partial charge is 0.243 e. The van der Waals surface area contributed by atoms with Crippen molar-refractivity contribution in [3.63, 3.8) is 0 Å². The van der Waals surface area contributed by atoms with Crippen molar-refractivity contribution >= 4 is 5.95 Å². The molecule has 0 unspecified atom stereocenters. The van der Waals surface area contributed by atoms with Crippen molar-refractivity contribution in [2.45, 2.75) is 46.4 Å². The molecule has 0 amide bonds. The molecule has 0 saturated carbocycles. The Morgan fingerprint density at radius 1 is 1.03 bits per heavy atom. The van der Waals surface area contributed by atoms with Crippen LogP contribution in [0.2, 0.25) is 0 Å². The van der Waals surface area contributed by atoms with Gasteiger partial charge in [-0.05, 0) is 35.9 Å². The maximum absolute atomic E-state index is 14.0. The number of halogens is 1. The summed E-state index contributed by atoms with van der Waals surface area (Å²) in [6, 6.07) is 12.3. The molecule has 3 rings (SSSR count). The Labute approximate surface area is 169 Å². The lowest BCUT2D eigenvalue weighted by Crippen LogP contribution is -2.11. The summed E-state index contributed by atoms with van der Waals surface area (Å²) in [7, 11) is 0. The third-order valence-electron chi connectivity index (χ3n) is 4.38. The largest absolute Gasteiger partial charge is 0.490 e. The second kappa shape index (κ2) is 10.4. The third kappa shape index (κ3) is 5.43. The van der Waals surface area contributed by atoms with Crippen molar-refractivity contribution in [3.8, 4) is 11.5 Å². The van der Waals surface area contributed by atoms with Crippen molar-refractivity contribution in [1.29, 1.82) is 0 Å². The first-order valence-electron chi connectivity index (χ1n) is 9.83. The number of ether oxygens (including phenoxy) is 2. The van der Waals surface area contributed by atoms with Gasteiger partial charge in [0.05, 0.1) is 6.61 Å². The van der Waals surface area contributed by atoms with Gasteiger partial charge in [0.1, 0.15) is 12.4 Å². The Balaban J connectivity index is 1.76. The number of nitrogens with zero attached hydrogens (tertiary/aromatic N) is 4. The van der Waals surface area contributed by atoms with Gasteiger partial charge in [0.25, 0.3) is 0 Å². The molecule has 8 heteroatoms. The van der Waals surface area contributed by atoms with Gasteiger partial charge in [0.2, 0.25) is 5.95 Å². The van der Waals surface area contributed by atoms with Crippen LogP contribution in [-0.2, 0) is 19.7 Å². The molecular formula is C21H26FN5O2. The quantitative estimate of drug-likeness (QED) is 0.521. The van der Waals surface area contributed by atoms with E-state index in [0.717, 1.165) is 24.9 Å². The summed E-state index contributed by atoms with van der Waals surface area (Å²) in [5.41, 5.74) is 1.36. The first-order chi connectivity index (χ1) is 14.2. The molecule has 1 N–H and O–H groups in total. The van der Waals surface area contributed by atoms with Crippen molar-refractivity contribution in [2.75, 3.05) is 11.9 Å². The molecular weight excluding hydrogens is 373 g/mol. The van der Waals surface area contributed by atoms with E-state index < -0.39 is 0 Å². The van der Waals surface area contributed by atoms with Crippen molar-refractivity contribution < 1.29 is 13.9 Å². The molecule has 0 atom stereocenters. The maximum Gasteiger partial charge on any atom is 0.243 e. The molecule has 0 aliphatic heterocycles. The van der Waals surface area contributed by atoms with E-state index in [0.29, 0.717) is 36.2 Å². The van der Waals surface area contributed by atoms with Gasteiger partial charge in [-0.1, -0.05) is 48.8 Å². The highest BCUT2D eigenvalue weighted by atomic mass is 19.1. The van der Waals surface area contributed by atoms with Gasteiger partial charge < -0.3 is 14.8 Å². The van der Waals surface area contributed by atoms with E-state index in [1.807, 2.05) is 25.1 Å². The molecule has 7 nitrogen and oxygen atoms in total. The summed E-state index contributed by atoms with van der Waals surface area (Å²) < 4.78 is 27.4. The summed E-state index contributed by atoms with van der Waals surface area (Å²) in [5.74, 6) is 1.50. The Hall–Kier alpha value is -3.16. The van der Waals surface area contributed by atoms with Gasteiger partial charge >= 0.3 is 0 Å². The highest BCUT2D eigenvalue weighted by molar-refractivity contribution is 5.48. The molecule has 0 fully saturated rings. The summed E-state index contributed by atoms with van der Waals surface area (Å²) in [5, 5.41) is 15.1. The van der Waals surface area contributed by atoms with E-state index in [2.05, 4.69) is 27.8 Å². The van der Waals surface area contributed by atoms with Crippen LogP contribution < -0.4 is 14.8 Å². The molecule has 1 heterocycles. The highest BCUT2D eigenvalue weighted by Gasteiger charge is 2.14. The van der Waals surface area contributed by atoms with Crippen LogP contribution in [0.25, 0.3) is 0 Å². The Morgan fingerprint density at radius 3 is 2.66 bits per heavy atom. The minimum atomic E-state index is -0.295. The average molecular weight is 399 g/mol. The summed E-state index contributed by atoms with van der Waals surface area (Å²) in [6.45, 7) is 5.84. The topological polar surface area (TPSA) is 74.1 Å². The number of aryl methyl sites for hydroxylation is 1. The zero-order chi connectivity index (χ0) is 20.5. The minimum absolute atomic E-state index is 0.109. The minimum Gasteiger partial charge on any atom is -0.490 e. The van der Waals surface area contributed by atoms with Crippen LogP contribution in [0.4, 0.5) is 10.3 Å². The molecule has 0 aliphatic carbocycles. The molecule has 1 aromatic heterocycles. The first kappa shape index (κ1) is 20.6. The molecule has 0 radical (unpaired) electrons. The molecule has 0 bridgehead atoms. The monoisotopic (exact) mass is 399 g/mol. The average Bonchev–Trinajstić information content (AvgIpc) is 3.18. The lowest BCUT2D eigenvalue weighted by Gasteiger charge is -2.17. The van der Waals surface area contributed by atoms with E-state index in [1.54, 1.807) is 22.9 Å². The zero-order valence-corrected chi connectivity index (χ0v) is 16.8. The molecule has 29 heavy (non-hydrogen) atoms. The molecule has 154 valence electrons. The SMILES string of the molecule is CCCCn1nnnc1NCc1cccc(OCC)c1OCc1ccccc1F. The van der Waals surface area contributed by atoms with Gasteiger partial charge in [-0.2, -0.15) is 0 Å². The van der Waals surface area contributed by atoms with E-state index >= 15 is 0 Å². The highest BCUT2D eigenvalue weighted by Crippen LogP contribution is 2.33. The maximum atomic E-state index is 14.0. The predicted octanol–water partition coefficient (Wildman–Crippen LogP) is 4.20. The number of anilines is 1. The van der Waals surface area contributed by atoms with Crippen molar-refractivity contribution in [1.82, 2.24) is 20.2 Å². The van der Waals surface area contributed by atoms with Crippen LogP contribution in [0.3, 0.4) is 0 Å². The molecule has 3 aromatic rings. The number of hydrogen-bond acceptors (Lipinski definition) is 6. The number of rotatable bonds is 11. The zero-order valence-electron chi connectivity index (χ0n) is 16.8. The molecule has 0 spiro atoms. The van der Waals surface area contributed by atoms with E-state index in [-0.39, 0.29) is 12.4 Å². The van der Waals surface area contributed by atoms with Crippen LogP contribution in [0.1, 0.15) is 37.8 Å². The van der Waals surface area contributed by atoms with Crippen LogP contribution in [0, 0.1) is 5.82 Å². The standard InChI is InChI=1S/C21H26FN5O2/c1-3-5-13-27-21(24-25-26-27)23-14-16-10-8-12-19(28-4-2)20(16)29-15-17-9-6-7-11-18(17)22/h6-12H,3-5,13-15H2,1-2H3,(H,23,24,26). The fourth-order valence-electron chi connectivity index (χ4n) is 2.86.